The second-order valence-corrected chi connectivity index (χ2v) is 2.21. The van der Waals surface area contributed by atoms with Gasteiger partial charge in [0.1, 0.15) is 5.75 Å². The zero-order chi connectivity index (χ0) is 8.10. The highest BCUT2D eigenvalue weighted by Gasteiger charge is 2.01. The molecule has 3 heteroatoms. The number of benzene rings is 1. The topological polar surface area (TPSA) is 18.5 Å². The predicted molar refractivity (Wildman–Crippen MR) is 42.6 cm³/mol. The predicted octanol–water partition coefficient (Wildman–Crippen LogP) is 2.03. The lowest BCUT2D eigenvalue weighted by Gasteiger charge is -2.08. The summed E-state index contributed by atoms with van der Waals surface area (Å²) in [6.07, 6.45) is 0. The van der Waals surface area contributed by atoms with Crippen LogP contribution in [0.5, 0.6) is 5.75 Å². The van der Waals surface area contributed by atoms with E-state index in [2.05, 4.69) is 10.8 Å². The molecule has 0 N–H and O–H groups in total. The van der Waals surface area contributed by atoms with Crippen LogP contribution in [-0.4, -0.2) is 12.9 Å². The van der Waals surface area contributed by atoms with Gasteiger partial charge in [0.25, 0.3) is 5.75 Å². The molecule has 2 nitrogen and oxygen atoms in total. The van der Waals surface area contributed by atoms with Crippen molar-refractivity contribution in [3.63, 3.8) is 0 Å². The van der Waals surface area contributed by atoms with Gasteiger partial charge >= 0.3 is 0 Å². The summed E-state index contributed by atoms with van der Waals surface area (Å²) in [5.41, 5.74) is 0. The highest BCUT2D eigenvalue weighted by atomic mass is 35.5. The van der Waals surface area contributed by atoms with E-state index >= 15 is 0 Å². The highest BCUT2D eigenvalue weighted by molar-refractivity contribution is 6.18. The molecule has 0 fully saturated rings. The van der Waals surface area contributed by atoms with E-state index < -0.39 is 5.75 Å². The molecule has 0 saturated carbocycles. The molecule has 0 bridgehead atoms. The number of hydrogen-bond donors (Lipinski definition) is 0. The van der Waals surface area contributed by atoms with Crippen molar-refractivity contribution >= 4 is 11.6 Å². The lowest BCUT2D eigenvalue weighted by molar-refractivity contribution is 0.0117. The maximum absolute atomic E-state index is 5.54. The molecule has 1 rings (SSSR count). The van der Waals surface area contributed by atoms with Gasteiger partial charge in [-0.25, -0.2) is 0 Å². The summed E-state index contributed by atoms with van der Waals surface area (Å²) >= 11 is 5.54. The first-order valence-corrected chi connectivity index (χ1v) is 3.57. The molecule has 0 aliphatic rings. The molecule has 0 aliphatic carbocycles. The highest BCUT2D eigenvalue weighted by Crippen LogP contribution is 2.11. The Morgan fingerprint density at radius 1 is 1.55 bits per heavy atom. The molecular weight excluding hydrogens is 164 g/mol. The fourth-order valence-electron chi connectivity index (χ4n) is 0.598. The van der Waals surface area contributed by atoms with Crippen LogP contribution in [0.3, 0.4) is 0 Å². The molecule has 1 radical (unpaired) electrons. The van der Waals surface area contributed by atoms with E-state index in [1.165, 1.54) is 7.11 Å². The van der Waals surface area contributed by atoms with Crippen molar-refractivity contribution in [1.82, 2.24) is 0 Å². The van der Waals surface area contributed by atoms with Crippen molar-refractivity contribution < 1.29 is 9.47 Å². The largest absolute Gasteiger partial charge is 0.450 e. The van der Waals surface area contributed by atoms with Crippen molar-refractivity contribution in [2.75, 3.05) is 7.11 Å². The average molecular weight is 172 g/mol. The van der Waals surface area contributed by atoms with Crippen LogP contribution in [0.15, 0.2) is 24.3 Å². The lowest BCUT2D eigenvalue weighted by atomic mass is 10.3. The monoisotopic (exact) mass is 171 g/mol. The van der Waals surface area contributed by atoms with Crippen molar-refractivity contribution in [2.24, 2.45) is 0 Å². The zero-order valence-corrected chi connectivity index (χ0v) is 6.84. The summed E-state index contributed by atoms with van der Waals surface area (Å²) in [6, 6.07) is 10.0. The number of methoxy groups -OCH3 is 1. The lowest BCUT2D eigenvalue weighted by Crippen LogP contribution is -2.10. The first kappa shape index (κ1) is 8.37. The smallest absolute Gasteiger partial charge is 0.279 e. The Kier molecular flexibility index (Phi) is 3.20. The van der Waals surface area contributed by atoms with Gasteiger partial charge in [-0.2, -0.15) is 0 Å². The summed E-state index contributed by atoms with van der Waals surface area (Å²) in [5.74, 6) is -0.164. The molecule has 0 spiro atoms. The number of para-hydroxylation sites is 1. The van der Waals surface area contributed by atoms with Gasteiger partial charge in [0.05, 0.1) is 0 Å². The Morgan fingerprint density at radius 2 is 2.36 bits per heavy atom. The SMILES string of the molecule is COC(Cl)Oc1[c]cccc1. The van der Waals surface area contributed by atoms with Crippen molar-refractivity contribution in [2.45, 2.75) is 5.75 Å². The minimum absolute atomic E-state index is 0.578. The molecule has 1 atom stereocenters. The molecular formula is C8H8ClO2. The van der Waals surface area contributed by atoms with Gasteiger partial charge in [0, 0.05) is 13.2 Å². The third-order valence-electron chi connectivity index (χ3n) is 1.09. The van der Waals surface area contributed by atoms with Gasteiger partial charge in [0.15, 0.2) is 0 Å². The Balaban J connectivity index is 2.51. The van der Waals surface area contributed by atoms with E-state index in [9.17, 15) is 0 Å². The standard InChI is InChI=1S/C8H8ClO2/c1-10-8(9)11-7-5-3-2-4-6-7/h2-5,8H,1H3. The molecule has 59 valence electrons. The van der Waals surface area contributed by atoms with Gasteiger partial charge in [-0.15, -0.1) is 0 Å². The summed E-state index contributed by atoms with van der Waals surface area (Å²) in [6.45, 7) is 0. The molecule has 0 aliphatic heterocycles. The number of rotatable bonds is 3. The van der Waals surface area contributed by atoms with Crippen LogP contribution in [0.4, 0.5) is 0 Å². The van der Waals surface area contributed by atoms with Gasteiger partial charge in [-0.3, -0.25) is 0 Å². The molecule has 0 aromatic heterocycles. The van der Waals surface area contributed by atoms with Crippen LogP contribution < -0.4 is 4.74 Å². The fourth-order valence-corrected chi connectivity index (χ4v) is 0.694. The van der Waals surface area contributed by atoms with Crippen LogP contribution in [0.25, 0.3) is 0 Å². The Morgan fingerprint density at radius 3 is 2.91 bits per heavy atom. The van der Waals surface area contributed by atoms with E-state index in [1.54, 1.807) is 12.1 Å². The van der Waals surface area contributed by atoms with Crippen molar-refractivity contribution in [3.8, 4) is 5.75 Å². The first-order chi connectivity index (χ1) is 5.33. The van der Waals surface area contributed by atoms with Gasteiger partial charge in [-0.1, -0.05) is 18.2 Å². The van der Waals surface area contributed by atoms with Crippen LogP contribution >= 0.6 is 11.6 Å². The van der Waals surface area contributed by atoms with Crippen LogP contribution in [0.2, 0.25) is 0 Å². The minimum atomic E-state index is -0.742. The fraction of sp³-hybridized carbons (Fsp3) is 0.250. The molecule has 0 heterocycles. The Bertz CT molecular complexity index is 201. The minimum Gasteiger partial charge on any atom is -0.450 e. The summed E-state index contributed by atoms with van der Waals surface area (Å²) in [5, 5.41) is 0. The van der Waals surface area contributed by atoms with Crippen LogP contribution in [0.1, 0.15) is 0 Å². The quantitative estimate of drug-likeness (QED) is 0.512. The third kappa shape index (κ3) is 2.78. The normalized spacial score (nSPS) is 12.5. The second-order valence-electron chi connectivity index (χ2n) is 1.85. The summed E-state index contributed by atoms with van der Waals surface area (Å²) < 4.78 is 9.73. The third-order valence-corrected chi connectivity index (χ3v) is 1.35. The van der Waals surface area contributed by atoms with E-state index in [0.717, 1.165) is 0 Å². The molecule has 1 aromatic rings. The van der Waals surface area contributed by atoms with E-state index in [4.69, 9.17) is 16.3 Å². The van der Waals surface area contributed by atoms with Crippen molar-refractivity contribution in [3.05, 3.63) is 30.3 Å². The molecule has 0 saturated heterocycles. The average Bonchev–Trinajstić information content (AvgIpc) is 2.06. The number of alkyl halides is 1. The summed E-state index contributed by atoms with van der Waals surface area (Å²) in [4.78, 5) is 0. The molecule has 11 heavy (non-hydrogen) atoms. The number of ether oxygens (including phenoxy) is 2. The number of hydrogen-bond acceptors (Lipinski definition) is 2. The zero-order valence-electron chi connectivity index (χ0n) is 6.08. The molecule has 1 aromatic carbocycles. The second kappa shape index (κ2) is 4.21. The molecule has 0 amide bonds. The summed E-state index contributed by atoms with van der Waals surface area (Å²) in [7, 11) is 1.47. The number of halogens is 1. The van der Waals surface area contributed by atoms with Gasteiger partial charge in [0.2, 0.25) is 0 Å². The van der Waals surface area contributed by atoms with Crippen LogP contribution in [0, 0.1) is 6.07 Å². The Hall–Kier alpha value is -0.730. The van der Waals surface area contributed by atoms with E-state index in [-0.39, 0.29) is 0 Å². The van der Waals surface area contributed by atoms with E-state index in [1.807, 2.05) is 12.1 Å². The first-order valence-electron chi connectivity index (χ1n) is 3.13. The van der Waals surface area contributed by atoms with Gasteiger partial charge in [-0.05, 0) is 17.7 Å². The van der Waals surface area contributed by atoms with Crippen LogP contribution in [-0.2, 0) is 4.74 Å². The van der Waals surface area contributed by atoms with E-state index in [0.29, 0.717) is 5.75 Å². The van der Waals surface area contributed by atoms with Gasteiger partial charge < -0.3 is 9.47 Å². The maximum atomic E-state index is 5.54. The van der Waals surface area contributed by atoms with Crippen molar-refractivity contribution in [1.29, 1.82) is 0 Å². The maximum Gasteiger partial charge on any atom is 0.279 e. The Labute approximate surface area is 70.7 Å². The molecule has 1 unspecified atom stereocenters.